The van der Waals surface area contributed by atoms with Crippen molar-refractivity contribution in [2.24, 2.45) is 5.73 Å². The maximum Gasteiger partial charge on any atom is 0.170 e. The molecule has 1 aromatic heterocycles. The lowest BCUT2D eigenvalue weighted by molar-refractivity contribution is 0.413. The van der Waals surface area contributed by atoms with Crippen molar-refractivity contribution in [1.82, 2.24) is 9.36 Å². The van der Waals surface area contributed by atoms with Crippen LogP contribution in [-0.4, -0.2) is 22.3 Å². The summed E-state index contributed by atoms with van der Waals surface area (Å²) in [4.78, 5) is 4.30. The lowest BCUT2D eigenvalue weighted by Crippen LogP contribution is -2.12. The van der Waals surface area contributed by atoms with E-state index in [0.29, 0.717) is 11.3 Å². The van der Waals surface area contributed by atoms with E-state index < -0.39 is 0 Å². The number of hydrogen-bond acceptors (Lipinski definition) is 6. The number of aryl methyl sites for hydroxylation is 1. The third-order valence-electron chi connectivity index (χ3n) is 2.43. The van der Waals surface area contributed by atoms with Gasteiger partial charge in [-0.25, -0.2) is 4.98 Å². The molecule has 0 radical (unpaired) electrons. The van der Waals surface area contributed by atoms with Crippen molar-refractivity contribution in [3.63, 3.8) is 0 Å². The molecular weight excluding hydrogens is 280 g/mol. The summed E-state index contributed by atoms with van der Waals surface area (Å²) in [5, 5.41) is 7.55. The van der Waals surface area contributed by atoms with Gasteiger partial charge < -0.3 is 10.5 Å². The first-order valence-electron chi connectivity index (χ1n) is 5.54. The minimum Gasteiger partial charge on any atom is -0.496 e. The van der Waals surface area contributed by atoms with Crippen molar-refractivity contribution in [3.05, 3.63) is 35.2 Å². The largest absolute Gasteiger partial charge is 0.496 e. The summed E-state index contributed by atoms with van der Waals surface area (Å²) in [6.45, 7) is 1.88. The minimum atomic E-state index is 0.00968. The predicted octanol–water partition coefficient (Wildman–Crippen LogP) is 2.43. The van der Waals surface area contributed by atoms with Gasteiger partial charge >= 0.3 is 0 Å². The molecule has 100 valence electrons. The summed E-state index contributed by atoms with van der Waals surface area (Å²) in [7, 11) is 1.57. The minimum absolute atomic E-state index is 0.00968. The summed E-state index contributed by atoms with van der Waals surface area (Å²) in [6, 6.07) is 5.67. The van der Waals surface area contributed by atoms with Gasteiger partial charge in [-0.2, -0.15) is 4.37 Å². The molecule has 2 aromatic rings. The van der Waals surface area contributed by atoms with Gasteiger partial charge in [-0.1, -0.05) is 17.8 Å². The number of ether oxygens (including phenoxy) is 1. The molecule has 0 atom stereocenters. The van der Waals surface area contributed by atoms with E-state index in [1.54, 1.807) is 18.9 Å². The van der Waals surface area contributed by atoms with E-state index >= 15 is 0 Å². The van der Waals surface area contributed by atoms with Crippen molar-refractivity contribution in [2.45, 2.75) is 17.0 Å². The van der Waals surface area contributed by atoms with Crippen molar-refractivity contribution in [1.29, 1.82) is 5.41 Å². The van der Waals surface area contributed by atoms with Crippen LogP contribution in [0.25, 0.3) is 0 Å². The smallest absolute Gasteiger partial charge is 0.170 e. The van der Waals surface area contributed by atoms with E-state index in [-0.39, 0.29) is 5.84 Å². The number of amidine groups is 1. The highest BCUT2D eigenvalue weighted by Crippen LogP contribution is 2.27. The van der Waals surface area contributed by atoms with E-state index in [0.717, 1.165) is 21.5 Å². The molecule has 0 spiro atoms. The van der Waals surface area contributed by atoms with Gasteiger partial charge in [0.05, 0.1) is 12.7 Å². The van der Waals surface area contributed by atoms with Crippen molar-refractivity contribution >= 4 is 29.1 Å². The molecule has 0 bridgehead atoms. The quantitative estimate of drug-likeness (QED) is 0.502. The highest BCUT2D eigenvalue weighted by molar-refractivity contribution is 8.00. The zero-order valence-electron chi connectivity index (χ0n) is 10.6. The number of thioether (sulfide) groups is 1. The van der Waals surface area contributed by atoms with Crippen LogP contribution in [0.3, 0.4) is 0 Å². The summed E-state index contributed by atoms with van der Waals surface area (Å²) in [5.74, 6) is 2.19. The molecule has 7 heteroatoms. The number of benzene rings is 1. The van der Waals surface area contributed by atoms with Crippen LogP contribution in [0.15, 0.2) is 22.5 Å². The molecule has 1 aromatic carbocycles. The van der Waals surface area contributed by atoms with Crippen molar-refractivity contribution in [3.8, 4) is 5.75 Å². The first-order chi connectivity index (χ1) is 9.10. The fourth-order valence-electron chi connectivity index (χ4n) is 1.54. The Hall–Kier alpha value is -1.60. The van der Waals surface area contributed by atoms with Crippen LogP contribution in [0.4, 0.5) is 0 Å². The molecule has 0 amide bonds. The summed E-state index contributed by atoms with van der Waals surface area (Å²) < 4.78 is 10.3. The van der Waals surface area contributed by atoms with Gasteiger partial charge in [-0.3, -0.25) is 5.41 Å². The second-order valence-electron chi connectivity index (χ2n) is 3.84. The number of hydrogen-bond donors (Lipinski definition) is 2. The summed E-state index contributed by atoms with van der Waals surface area (Å²) in [5.41, 5.74) is 7.24. The highest BCUT2D eigenvalue weighted by Gasteiger charge is 2.08. The molecule has 0 saturated heterocycles. The molecule has 0 aliphatic heterocycles. The molecule has 0 aliphatic carbocycles. The average Bonchev–Trinajstić information content (AvgIpc) is 2.81. The average molecular weight is 294 g/mol. The Morgan fingerprint density at radius 3 is 2.89 bits per heavy atom. The first kappa shape index (κ1) is 13.8. The van der Waals surface area contributed by atoms with Crippen LogP contribution in [0, 0.1) is 12.3 Å². The van der Waals surface area contributed by atoms with Crippen LogP contribution >= 0.6 is 23.3 Å². The lowest BCUT2D eigenvalue weighted by Gasteiger charge is -2.08. The van der Waals surface area contributed by atoms with Gasteiger partial charge in [-0.05, 0) is 36.2 Å². The third kappa shape index (κ3) is 3.45. The van der Waals surface area contributed by atoms with E-state index in [1.165, 1.54) is 11.5 Å². The maximum atomic E-state index is 7.55. The Morgan fingerprint density at radius 1 is 1.53 bits per heavy atom. The van der Waals surface area contributed by atoms with E-state index in [1.807, 2.05) is 25.1 Å². The standard InChI is InChI=1S/C12H14N4OS2/c1-7-15-12(19-16-7)18-6-8-3-4-10(17-2)9(5-8)11(13)14/h3-5H,6H2,1-2H3,(H3,13,14). The normalized spacial score (nSPS) is 10.4. The summed E-state index contributed by atoms with van der Waals surface area (Å²) >= 11 is 3.02. The molecule has 0 saturated carbocycles. The Bertz CT molecular complexity index is 597. The topological polar surface area (TPSA) is 84.9 Å². The Morgan fingerprint density at radius 2 is 2.32 bits per heavy atom. The van der Waals surface area contributed by atoms with E-state index in [9.17, 15) is 0 Å². The molecule has 5 nitrogen and oxygen atoms in total. The lowest BCUT2D eigenvalue weighted by atomic mass is 10.1. The number of rotatable bonds is 5. The zero-order chi connectivity index (χ0) is 13.8. The van der Waals surface area contributed by atoms with Gasteiger partial charge in [0, 0.05) is 5.75 Å². The van der Waals surface area contributed by atoms with E-state index in [2.05, 4.69) is 9.36 Å². The molecule has 0 aliphatic rings. The molecule has 19 heavy (non-hydrogen) atoms. The first-order valence-corrected chi connectivity index (χ1v) is 7.30. The maximum absolute atomic E-state index is 7.55. The summed E-state index contributed by atoms with van der Waals surface area (Å²) in [6.07, 6.45) is 0. The van der Waals surface area contributed by atoms with Crippen molar-refractivity contribution in [2.75, 3.05) is 7.11 Å². The monoisotopic (exact) mass is 294 g/mol. The van der Waals surface area contributed by atoms with Crippen molar-refractivity contribution < 1.29 is 4.74 Å². The molecule has 2 rings (SSSR count). The second kappa shape index (κ2) is 6.03. The third-order valence-corrected chi connectivity index (χ3v) is 4.42. The second-order valence-corrected chi connectivity index (χ2v) is 5.82. The van der Waals surface area contributed by atoms with Gasteiger partial charge in [0.2, 0.25) is 0 Å². The van der Waals surface area contributed by atoms with Crippen LogP contribution in [0.1, 0.15) is 17.0 Å². The molecule has 0 unspecified atom stereocenters. The van der Waals surface area contributed by atoms with Crippen LogP contribution < -0.4 is 10.5 Å². The fraction of sp³-hybridized carbons (Fsp3) is 0.250. The number of nitrogens with two attached hydrogens (primary N) is 1. The van der Waals surface area contributed by atoms with Gasteiger partial charge in [0.1, 0.15) is 17.4 Å². The number of nitrogen functional groups attached to an aromatic ring is 1. The predicted molar refractivity (Wildman–Crippen MR) is 78.2 cm³/mol. The fourth-order valence-corrected chi connectivity index (χ4v) is 3.13. The Balaban J connectivity index is 2.12. The number of methoxy groups -OCH3 is 1. The molecule has 3 N–H and O–H groups in total. The molecule has 0 fully saturated rings. The number of nitrogens with one attached hydrogen (secondary N) is 1. The highest BCUT2D eigenvalue weighted by atomic mass is 32.2. The van der Waals surface area contributed by atoms with Gasteiger partial charge in [-0.15, -0.1) is 0 Å². The molecule has 1 heterocycles. The Labute approximate surface area is 119 Å². The van der Waals surface area contributed by atoms with Crippen LogP contribution in [-0.2, 0) is 5.75 Å². The van der Waals surface area contributed by atoms with Gasteiger partial charge in [0.15, 0.2) is 4.34 Å². The zero-order valence-corrected chi connectivity index (χ0v) is 12.3. The molecular formula is C12H14N4OS2. The van der Waals surface area contributed by atoms with Crippen LogP contribution in [0.2, 0.25) is 0 Å². The number of nitrogens with zero attached hydrogens (tertiary/aromatic N) is 2. The van der Waals surface area contributed by atoms with E-state index in [4.69, 9.17) is 15.9 Å². The number of aromatic nitrogens is 2. The Kier molecular flexibility index (Phi) is 4.39. The van der Waals surface area contributed by atoms with Gasteiger partial charge in [0.25, 0.3) is 0 Å². The van der Waals surface area contributed by atoms with Crippen LogP contribution in [0.5, 0.6) is 5.75 Å². The SMILES string of the molecule is COc1ccc(CSc2nc(C)ns2)cc1C(=N)N.